The Bertz CT molecular complexity index is 494. The van der Waals surface area contributed by atoms with Crippen LogP contribution >= 0.6 is 7.60 Å². The molecule has 1 aliphatic heterocycles. The van der Waals surface area contributed by atoms with Crippen LogP contribution in [-0.2, 0) is 14.1 Å². The van der Waals surface area contributed by atoms with Gasteiger partial charge in [-0.2, -0.15) is 0 Å². The van der Waals surface area contributed by atoms with Crippen LogP contribution in [0.3, 0.4) is 0 Å². The lowest BCUT2D eigenvalue weighted by Crippen LogP contribution is -2.25. The fourth-order valence-electron chi connectivity index (χ4n) is 1.47. The Hall–Kier alpha value is -1.45. The molecule has 0 aromatic carbocycles. The Morgan fingerprint density at radius 2 is 2.26 bits per heavy atom. The van der Waals surface area contributed by atoms with Gasteiger partial charge in [0.05, 0.1) is 13.2 Å². The van der Waals surface area contributed by atoms with Crippen molar-refractivity contribution >= 4 is 24.9 Å². The third-order valence-electron chi connectivity index (χ3n) is 2.23. The predicted molar refractivity (Wildman–Crippen MR) is 66.2 cm³/mol. The minimum Gasteiger partial charge on any atom is -0.382 e. The number of nitrogens with one attached hydrogen (secondary N) is 1. The van der Waals surface area contributed by atoms with Crippen molar-refractivity contribution in [1.82, 2.24) is 9.97 Å². The van der Waals surface area contributed by atoms with Crippen LogP contribution in [0.25, 0.3) is 0 Å². The predicted octanol–water partition coefficient (Wildman–Crippen LogP) is -0.668. The summed E-state index contributed by atoms with van der Waals surface area (Å²) in [4.78, 5) is 30.4. The number of hydroxylamine groups is 1. The molecule has 2 rings (SSSR count). The zero-order valence-electron chi connectivity index (χ0n) is 9.89. The van der Waals surface area contributed by atoms with Gasteiger partial charge >= 0.3 is 7.60 Å². The highest BCUT2D eigenvalue weighted by Gasteiger charge is 2.23. The van der Waals surface area contributed by atoms with E-state index in [4.69, 9.17) is 25.1 Å². The average Bonchev–Trinajstić information content (AvgIpc) is 2.72. The van der Waals surface area contributed by atoms with Crippen molar-refractivity contribution in [3.8, 4) is 0 Å². The van der Waals surface area contributed by atoms with Gasteiger partial charge in [0.1, 0.15) is 25.0 Å². The summed E-state index contributed by atoms with van der Waals surface area (Å²) < 4.78 is 15.3. The largest absolute Gasteiger partial charge is 0.382 e. The summed E-state index contributed by atoms with van der Waals surface area (Å²) in [5.41, 5.74) is 6.25. The van der Waals surface area contributed by atoms with E-state index in [1.807, 2.05) is 0 Å². The summed E-state index contributed by atoms with van der Waals surface area (Å²) in [5.74, 6) is 0.844. The molecule has 1 aromatic rings. The van der Waals surface area contributed by atoms with E-state index in [-0.39, 0.29) is 13.2 Å². The lowest BCUT2D eigenvalue weighted by atomic mass is 10.4. The van der Waals surface area contributed by atoms with Gasteiger partial charge in [-0.25, -0.2) is 15.0 Å². The van der Waals surface area contributed by atoms with Gasteiger partial charge in [0.15, 0.2) is 11.6 Å². The molecule has 0 spiro atoms. The van der Waals surface area contributed by atoms with E-state index in [1.54, 1.807) is 0 Å². The molecule has 19 heavy (non-hydrogen) atoms. The van der Waals surface area contributed by atoms with Crippen LogP contribution < -0.4 is 16.1 Å². The lowest BCUT2D eigenvalue weighted by Gasteiger charge is -2.16. The van der Waals surface area contributed by atoms with Gasteiger partial charge in [0.25, 0.3) is 0 Å². The van der Waals surface area contributed by atoms with Gasteiger partial charge in [-0.05, 0) is 0 Å². The number of fused-ring (bicyclic) bond motifs is 1. The number of nitrogen functional groups attached to an aromatic ring is 1. The molecule has 0 atom stereocenters. The van der Waals surface area contributed by atoms with E-state index in [2.05, 4.69) is 15.3 Å². The Morgan fingerprint density at radius 1 is 1.47 bits per heavy atom. The number of aromatic nitrogens is 2. The van der Waals surface area contributed by atoms with Crippen molar-refractivity contribution in [1.29, 1.82) is 0 Å². The Balaban J connectivity index is 1.78. The molecule has 0 aliphatic carbocycles. The van der Waals surface area contributed by atoms with Gasteiger partial charge in [-0.1, -0.05) is 0 Å². The maximum atomic E-state index is 10.5. The van der Waals surface area contributed by atoms with E-state index in [1.165, 1.54) is 11.4 Å². The highest BCUT2D eigenvalue weighted by molar-refractivity contribution is 7.51. The zero-order chi connectivity index (χ0) is 13.9. The molecule has 0 fully saturated rings. The maximum Gasteiger partial charge on any atom is 0.350 e. The first-order valence-electron chi connectivity index (χ1n) is 5.34. The first-order chi connectivity index (χ1) is 8.97. The van der Waals surface area contributed by atoms with Gasteiger partial charge < -0.3 is 25.6 Å². The van der Waals surface area contributed by atoms with Crippen molar-refractivity contribution in [2.75, 3.05) is 42.3 Å². The second kappa shape index (κ2) is 5.68. The molecule has 0 unspecified atom stereocenters. The number of hydrogen-bond donors (Lipinski definition) is 4. The van der Waals surface area contributed by atoms with E-state index < -0.39 is 13.9 Å². The third kappa shape index (κ3) is 3.75. The third-order valence-corrected chi connectivity index (χ3v) is 2.75. The average molecular weight is 291 g/mol. The second-order valence-corrected chi connectivity index (χ2v) is 5.29. The van der Waals surface area contributed by atoms with Crippen molar-refractivity contribution in [2.24, 2.45) is 0 Å². The highest BCUT2D eigenvalue weighted by Crippen LogP contribution is 2.34. The first kappa shape index (κ1) is 14.0. The molecule has 106 valence electrons. The van der Waals surface area contributed by atoms with E-state index in [0.29, 0.717) is 24.0 Å². The molecule has 5 N–H and O–H groups in total. The molecule has 1 aromatic heterocycles. The summed E-state index contributed by atoms with van der Waals surface area (Å²) in [6.07, 6.45) is 0.697. The zero-order valence-corrected chi connectivity index (χ0v) is 10.8. The molecule has 11 heteroatoms. The summed E-state index contributed by atoms with van der Waals surface area (Å²) in [5, 5.41) is 4.44. The molecule has 0 saturated heterocycles. The number of rotatable bonds is 6. The summed E-state index contributed by atoms with van der Waals surface area (Å²) in [6, 6.07) is 0. The number of nitrogens with two attached hydrogens (primary N) is 1. The van der Waals surface area contributed by atoms with Crippen molar-refractivity contribution in [3.63, 3.8) is 0 Å². The quantitative estimate of drug-likeness (QED) is 0.393. The van der Waals surface area contributed by atoms with Gasteiger partial charge in [0, 0.05) is 0 Å². The number of ether oxygens (including phenoxy) is 1. The van der Waals surface area contributed by atoms with Crippen LogP contribution in [0.1, 0.15) is 0 Å². The minimum atomic E-state index is -4.13. The molecule has 0 amide bonds. The summed E-state index contributed by atoms with van der Waals surface area (Å²) >= 11 is 0. The van der Waals surface area contributed by atoms with E-state index in [9.17, 15) is 4.57 Å². The summed E-state index contributed by atoms with van der Waals surface area (Å²) in [7, 11) is -4.13. The van der Waals surface area contributed by atoms with Crippen LogP contribution in [-0.4, -0.2) is 46.0 Å². The Kier molecular flexibility index (Phi) is 4.17. The lowest BCUT2D eigenvalue weighted by molar-refractivity contribution is 0.0482. The molecule has 0 bridgehead atoms. The van der Waals surface area contributed by atoms with Crippen LogP contribution in [0.15, 0.2) is 6.33 Å². The van der Waals surface area contributed by atoms with Gasteiger partial charge in [-0.15, -0.1) is 0 Å². The molecule has 0 radical (unpaired) electrons. The number of nitrogens with zero attached hydrogens (tertiary/aromatic N) is 3. The SMILES string of the molecule is Nc1ncnc2c1NCN2OCCOCP(=O)(O)O. The Morgan fingerprint density at radius 3 is 3.00 bits per heavy atom. The maximum absolute atomic E-state index is 10.5. The molecule has 10 nitrogen and oxygen atoms in total. The Labute approximate surface area is 108 Å². The standard InChI is InChI=1S/C8H14N5O5P/c9-7-6-8(11-3-10-7)13(4-12-6)18-2-1-17-5-19(14,15)16/h3,12H,1-2,4-5H2,(H2,9,10,11)(H2,14,15,16). The van der Waals surface area contributed by atoms with Gasteiger partial charge in [-0.3, -0.25) is 9.40 Å². The summed E-state index contributed by atoms with van der Waals surface area (Å²) in [6.45, 7) is 0.541. The highest BCUT2D eigenvalue weighted by atomic mass is 31.2. The topological polar surface area (TPSA) is 143 Å². The van der Waals surface area contributed by atoms with Crippen LogP contribution in [0.2, 0.25) is 0 Å². The van der Waals surface area contributed by atoms with Crippen LogP contribution in [0.4, 0.5) is 17.3 Å². The molecular weight excluding hydrogens is 277 g/mol. The van der Waals surface area contributed by atoms with Crippen molar-refractivity contribution in [2.45, 2.75) is 0 Å². The van der Waals surface area contributed by atoms with E-state index in [0.717, 1.165) is 0 Å². The fraction of sp³-hybridized carbons (Fsp3) is 0.500. The monoisotopic (exact) mass is 291 g/mol. The number of anilines is 3. The smallest absolute Gasteiger partial charge is 0.350 e. The first-order valence-corrected chi connectivity index (χ1v) is 7.14. The van der Waals surface area contributed by atoms with Gasteiger partial charge in [0.2, 0.25) is 0 Å². The van der Waals surface area contributed by atoms with Crippen molar-refractivity contribution < 1.29 is 23.9 Å². The second-order valence-electron chi connectivity index (χ2n) is 3.71. The number of hydrogen-bond acceptors (Lipinski definition) is 8. The molecule has 2 heterocycles. The van der Waals surface area contributed by atoms with Crippen LogP contribution in [0, 0.1) is 0 Å². The van der Waals surface area contributed by atoms with E-state index >= 15 is 0 Å². The minimum absolute atomic E-state index is 0.0531. The van der Waals surface area contributed by atoms with Crippen molar-refractivity contribution in [3.05, 3.63) is 6.33 Å². The van der Waals surface area contributed by atoms with Crippen LogP contribution in [0.5, 0.6) is 0 Å². The fourth-order valence-corrected chi connectivity index (χ4v) is 1.84. The normalized spacial score (nSPS) is 14.3. The molecular formula is C8H14N5O5P. The molecule has 1 aliphatic rings. The molecule has 0 saturated carbocycles.